The second kappa shape index (κ2) is 5.69. The Morgan fingerprint density at radius 1 is 1.47 bits per heavy atom. The molecule has 1 saturated heterocycles. The smallest absolute Gasteiger partial charge is 0.120 e. The maximum Gasteiger partial charge on any atom is 0.120 e. The molecule has 2 atom stereocenters. The van der Waals surface area contributed by atoms with Gasteiger partial charge in [0.05, 0.1) is 6.04 Å². The summed E-state index contributed by atoms with van der Waals surface area (Å²) in [7, 11) is 2.23. The van der Waals surface area contributed by atoms with Crippen molar-refractivity contribution in [2.45, 2.75) is 45.2 Å². The van der Waals surface area contributed by atoms with Crippen LogP contribution in [0.3, 0.4) is 0 Å². The Morgan fingerprint density at radius 2 is 2.29 bits per heavy atom. The highest BCUT2D eigenvalue weighted by Crippen LogP contribution is 2.18. The number of aryl methyl sites for hydroxylation is 1. The molecule has 1 fully saturated rings. The first-order valence-corrected chi connectivity index (χ1v) is 6.67. The number of nitrogens with zero attached hydrogens (tertiary/aromatic N) is 1. The highest BCUT2D eigenvalue weighted by Gasteiger charge is 2.19. The lowest BCUT2D eigenvalue weighted by Gasteiger charge is -2.33. The third-order valence-corrected chi connectivity index (χ3v) is 3.77. The molecule has 1 N–H and O–H groups in total. The Kier molecular flexibility index (Phi) is 4.24. The van der Waals surface area contributed by atoms with Gasteiger partial charge in [0, 0.05) is 12.6 Å². The average molecular weight is 236 g/mol. The van der Waals surface area contributed by atoms with E-state index < -0.39 is 0 Å². The zero-order valence-electron chi connectivity index (χ0n) is 11.2. The summed E-state index contributed by atoms with van der Waals surface area (Å²) >= 11 is 0. The molecule has 1 aliphatic heterocycles. The van der Waals surface area contributed by atoms with E-state index in [-0.39, 0.29) is 0 Å². The third-order valence-electron chi connectivity index (χ3n) is 3.77. The second-order valence-corrected chi connectivity index (χ2v) is 5.21. The molecule has 0 aliphatic carbocycles. The molecule has 1 aliphatic rings. The number of likely N-dealkylation sites (tertiary alicyclic amines) is 1. The third kappa shape index (κ3) is 3.33. The van der Waals surface area contributed by atoms with Crippen LogP contribution in [0.15, 0.2) is 16.5 Å². The molecule has 0 bridgehead atoms. The minimum absolute atomic E-state index is 0.305. The molecule has 1 aromatic rings. The SMILES string of the molecule is Cc1ccc(C(C)NCC2CCCCN2C)o1. The van der Waals surface area contributed by atoms with Crippen molar-refractivity contribution in [1.82, 2.24) is 10.2 Å². The summed E-state index contributed by atoms with van der Waals surface area (Å²) in [5.74, 6) is 2.03. The van der Waals surface area contributed by atoms with Gasteiger partial charge in [0.2, 0.25) is 0 Å². The van der Waals surface area contributed by atoms with Gasteiger partial charge in [-0.15, -0.1) is 0 Å². The molecule has 2 rings (SSSR count). The fraction of sp³-hybridized carbons (Fsp3) is 0.714. The Morgan fingerprint density at radius 3 is 2.94 bits per heavy atom. The molecule has 2 heterocycles. The molecule has 0 saturated carbocycles. The van der Waals surface area contributed by atoms with Crippen LogP contribution in [0.25, 0.3) is 0 Å². The van der Waals surface area contributed by atoms with Gasteiger partial charge in [0.1, 0.15) is 11.5 Å². The summed E-state index contributed by atoms with van der Waals surface area (Å²) in [6.07, 6.45) is 4.03. The van der Waals surface area contributed by atoms with Crippen LogP contribution in [-0.4, -0.2) is 31.1 Å². The summed E-state index contributed by atoms with van der Waals surface area (Å²) in [6.45, 7) is 6.45. The molecular formula is C14H24N2O. The van der Waals surface area contributed by atoms with Crippen molar-refractivity contribution < 1.29 is 4.42 Å². The first kappa shape index (κ1) is 12.7. The van der Waals surface area contributed by atoms with Crippen LogP contribution >= 0.6 is 0 Å². The predicted molar refractivity (Wildman–Crippen MR) is 70.1 cm³/mol. The van der Waals surface area contributed by atoms with Gasteiger partial charge in [-0.1, -0.05) is 6.42 Å². The summed E-state index contributed by atoms with van der Waals surface area (Å²) in [5, 5.41) is 3.58. The summed E-state index contributed by atoms with van der Waals surface area (Å²) in [6, 6.07) is 5.08. The Balaban J connectivity index is 1.81. The quantitative estimate of drug-likeness (QED) is 0.871. The number of rotatable bonds is 4. The highest BCUT2D eigenvalue weighted by atomic mass is 16.3. The van der Waals surface area contributed by atoms with E-state index in [9.17, 15) is 0 Å². The van der Waals surface area contributed by atoms with Crippen LogP contribution in [0.2, 0.25) is 0 Å². The van der Waals surface area contributed by atoms with E-state index in [1.165, 1.54) is 25.8 Å². The normalized spacial score (nSPS) is 23.8. The van der Waals surface area contributed by atoms with E-state index in [1.54, 1.807) is 0 Å². The second-order valence-electron chi connectivity index (χ2n) is 5.21. The molecular weight excluding hydrogens is 212 g/mol. The van der Waals surface area contributed by atoms with E-state index >= 15 is 0 Å². The summed E-state index contributed by atoms with van der Waals surface area (Å²) in [4.78, 5) is 2.47. The fourth-order valence-electron chi connectivity index (χ4n) is 2.50. The molecule has 3 nitrogen and oxygen atoms in total. The molecule has 17 heavy (non-hydrogen) atoms. The van der Waals surface area contributed by atoms with Gasteiger partial charge in [-0.3, -0.25) is 0 Å². The predicted octanol–water partition coefficient (Wildman–Crippen LogP) is 2.72. The first-order chi connectivity index (χ1) is 8.16. The van der Waals surface area contributed by atoms with Gasteiger partial charge in [-0.2, -0.15) is 0 Å². The van der Waals surface area contributed by atoms with Crippen LogP contribution in [0.5, 0.6) is 0 Å². The fourth-order valence-corrected chi connectivity index (χ4v) is 2.50. The molecule has 96 valence electrons. The minimum atomic E-state index is 0.305. The Labute approximate surface area is 104 Å². The van der Waals surface area contributed by atoms with Crippen molar-refractivity contribution in [2.75, 3.05) is 20.1 Å². The number of nitrogens with one attached hydrogen (secondary N) is 1. The van der Waals surface area contributed by atoms with Crippen molar-refractivity contribution in [1.29, 1.82) is 0 Å². The molecule has 1 aromatic heterocycles. The standard InChI is InChI=1S/C14H24N2O/c1-11-7-8-14(17-11)12(2)15-10-13-6-4-5-9-16(13)3/h7-8,12-13,15H,4-6,9-10H2,1-3H3. The van der Waals surface area contributed by atoms with Gasteiger partial charge in [0.15, 0.2) is 0 Å². The van der Waals surface area contributed by atoms with Crippen molar-refractivity contribution in [3.63, 3.8) is 0 Å². The van der Waals surface area contributed by atoms with Crippen molar-refractivity contribution in [3.05, 3.63) is 23.7 Å². The van der Waals surface area contributed by atoms with Gasteiger partial charge >= 0.3 is 0 Å². The maximum atomic E-state index is 5.64. The average Bonchev–Trinajstić information content (AvgIpc) is 2.74. The number of hydrogen-bond donors (Lipinski definition) is 1. The topological polar surface area (TPSA) is 28.4 Å². The van der Waals surface area contributed by atoms with Crippen LogP contribution in [0.4, 0.5) is 0 Å². The molecule has 0 amide bonds. The molecule has 0 spiro atoms. The van der Waals surface area contributed by atoms with Crippen LogP contribution in [-0.2, 0) is 0 Å². The van der Waals surface area contributed by atoms with E-state index in [0.717, 1.165) is 18.1 Å². The van der Waals surface area contributed by atoms with Gasteiger partial charge in [-0.25, -0.2) is 0 Å². The molecule has 0 radical (unpaired) electrons. The van der Waals surface area contributed by atoms with Gasteiger partial charge < -0.3 is 14.6 Å². The zero-order chi connectivity index (χ0) is 12.3. The number of likely N-dealkylation sites (N-methyl/N-ethyl adjacent to an activating group) is 1. The monoisotopic (exact) mass is 236 g/mol. The number of furan rings is 1. The highest BCUT2D eigenvalue weighted by molar-refractivity contribution is 5.08. The van der Waals surface area contributed by atoms with E-state index in [2.05, 4.69) is 30.3 Å². The summed E-state index contributed by atoms with van der Waals surface area (Å²) < 4.78 is 5.64. The lowest BCUT2D eigenvalue weighted by molar-refractivity contribution is 0.177. The van der Waals surface area contributed by atoms with Crippen molar-refractivity contribution in [3.8, 4) is 0 Å². The van der Waals surface area contributed by atoms with Crippen LogP contribution in [0, 0.1) is 6.92 Å². The maximum absolute atomic E-state index is 5.64. The molecule has 0 aromatic carbocycles. The number of hydrogen-bond acceptors (Lipinski definition) is 3. The Hall–Kier alpha value is -0.800. The number of piperidine rings is 1. The first-order valence-electron chi connectivity index (χ1n) is 6.67. The Bertz CT molecular complexity index is 348. The van der Waals surface area contributed by atoms with Crippen molar-refractivity contribution in [2.24, 2.45) is 0 Å². The van der Waals surface area contributed by atoms with E-state index in [1.807, 2.05) is 13.0 Å². The van der Waals surface area contributed by atoms with E-state index in [4.69, 9.17) is 4.42 Å². The summed E-state index contributed by atoms with van der Waals surface area (Å²) in [5.41, 5.74) is 0. The van der Waals surface area contributed by atoms with E-state index in [0.29, 0.717) is 12.1 Å². The zero-order valence-corrected chi connectivity index (χ0v) is 11.2. The molecule has 3 heteroatoms. The molecule has 2 unspecified atom stereocenters. The largest absolute Gasteiger partial charge is 0.465 e. The van der Waals surface area contributed by atoms with Crippen LogP contribution < -0.4 is 5.32 Å². The lowest BCUT2D eigenvalue weighted by atomic mass is 10.0. The van der Waals surface area contributed by atoms with Gasteiger partial charge in [-0.05, 0) is 52.4 Å². The van der Waals surface area contributed by atoms with Crippen molar-refractivity contribution >= 4 is 0 Å². The minimum Gasteiger partial charge on any atom is -0.465 e. The van der Waals surface area contributed by atoms with Crippen LogP contribution in [0.1, 0.15) is 43.7 Å². The lowest BCUT2D eigenvalue weighted by Crippen LogP contribution is -2.43. The van der Waals surface area contributed by atoms with Gasteiger partial charge in [0.25, 0.3) is 0 Å².